The second kappa shape index (κ2) is 13.8. The lowest BCUT2D eigenvalue weighted by molar-refractivity contribution is -0.138. The molecule has 1 fully saturated rings. The molecule has 44 heavy (non-hydrogen) atoms. The van der Waals surface area contributed by atoms with Crippen LogP contribution in [-0.2, 0) is 38.4 Å². The lowest BCUT2D eigenvalue weighted by Crippen LogP contribution is -2.30. The molecular formula is C33H42N4O6S. The monoisotopic (exact) mass is 622 g/mol. The summed E-state index contributed by atoms with van der Waals surface area (Å²) < 4.78 is 0. The number of rotatable bonds is 13. The Balaban J connectivity index is 1.84. The van der Waals surface area contributed by atoms with Crippen LogP contribution in [0.15, 0.2) is 16.1 Å². The van der Waals surface area contributed by atoms with Crippen molar-refractivity contribution in [2.75, 3.05) is 5.75 Å². The van der Waals surface area contributed by atoms with E-state index in [9.17, 15) is 29.4 Å². The number of hydrogen-bond acceptors (Lipinski definition) is 5. The van der Waals surface area contributed by atoms with Crippen molar-refractivity contribution in [1.82, 2.24) is 15.3 Å². The summed E-state index contributed by atoms with van der Waals surface area (Å²) in [4.78, 5) is 59.2. The second-order valence-corrected chi connectivity index (χ2v) is 12.2. The first-order valence-electron chi connectivity index (χ1n) is 15.1. The third-order valence-corrected chi connectivity index (χ3v) is 9.40. The van der Waals surface area contributed by atoms with Crippen molar-refractivity contribution >= 4 is 54.2 Å². The molecule has 2 aliphatic heterocycles. The number of carbonyl (C=O) groups excluding carboxylic acids is 2. The molecule has 0 spiro atoms. The van der Waals surface area contributed by atoms with Crippen LogP contribution in [-0.4, -0.2) is 61.4 Å². The summed E-state index contributed by atoms with van der Waals surface area (Å²) in [7, 11) is 0. The number of carboxylic acid groups (broad SMARTS) is 2. The number of nitrogens with zero attached hydrogens (tertiary/aromatic N) is 1. The van der Waals surface area contributed by atoms with Crippen LogP contribution in [0.25, 0.3) is 12.2 Å². The first-order chi connectivity index (χ1) is 20.9. The molecule has 4 heterocycles. The van der Waals surface area contributed by atoms with Gasteiger partial charge in [0.05, 0.1) is 11.8 Å². The second-order valence-electron chi connectivity index (χ2n) is 11.8. The van der Waals surface area contributed by atoms with Gasteiger partial charge in [0.25, 0.3) is 5.91 Å². The molecule has 11 heteroatoms. The van der Waals surface area contributed by atoms with E-state index < -0.39 is 11.9 Å². The van der Waals surface area contributed by atoms with E-state index in [1.54, 1.807) is 0 Å². The molecule has 4 rings (SSSR count). The minimum Gasteiger partial charge on any atom is -0.481 e. The van der Waals surface area contributed by atoms with Gasteiger partial charge in [0.1, 0.15) is 0 Å². The van der Waals surface area contributed by atoms with E-state index in [-0.39, 0.29) is 42.5 Å². The zero-order valence-corrected chi connectivity index (χ0v) is 26.9. The number of amides is 2. The van der Waals surface area contributed by atoms with Crippen LogP contribution in [0.5, 0.6) is 0 Å². The number of thiol groups is 1. The summed E-state index contributed by atoms with van der Waals surface area (Å²) in [5.74, 6) is -1.42. The average molecular weight is 623 g/mol. The molecular weight excluding hydrogens is 580 g/mol. The quantitative estimate of drug-likeness (QED) is 0.188. The summed E-state index contributed by atoms with van der Waals surface area (Å²) >= 11 is 4.39. The maximum atomic E-state index is 12.5. The number of carbonyl (C=O) groups is 4. The summed E-state index contributed by atoms with van der Waals surface area (Å²) in [6, 6.07) is -0.188. The van der Waals surface area contributed by atoms with Crippen molar-refractivity contribution < 1.29 is 29.4 Å². The molecule has 5 N–H and O–H groups in total. The van der Waals surface area contributed by atoms with Gasteiger partial charge in [0.15, 0.2) is 0 Å². The average Bonchev–Trinajstić information content (AvgIpc) is 3.60. The molecule has 2 amide bonds. The molecule has 236 valence electrons. The Hall–Kier alpha value is -3.86. The molecule has 2 aromatic rings. The van der Waals surface area contributed by atoms with E-state index in [2.05, 4.69) is 32.9 Å². The maximum absolute atomic E-state index is 12.5. The fourth-order valence-electron chi connectivity index (χ4n) is 6.43. The van der Waals surface area contributed by atoms with Crippen LogP contribution < -0.4 is 16.0 Å². The van der Waals surface area contributed by atoms with Crippen LogP contribution in [0, 0.1) is 25.7 Å². The van der Waals surface area contributed by atoms with Gasteiger partial charge < -0.3 is 25.5 Å². The van der Waals surface area contributed by atoms with Crippen LogP contribution in [0.1, 0.15) is 80.1 Å². The summed E-state index contributed by atoms with van der Waals surface area (Å²) in [5, 5.41) is 23.5. The highest BCUT2D eigenvalue weighted by Gasteiger charge is 2.37. The van der Waals surface area contributed by atoms with Gasteiger partial charge in [-0.3, -0.25) is 19.2 Å². The summed E-state index contributed by atoms with van der Waals surface area (Å²) in [6.45, 7) is 9.64. The third kappa shape index (κ3) is 6.93. The zero-order valence-electron chi connectivity index (χ0n) is 26.0. The number of nitrogens with one attached hydrogen (secondary N) is 3. The highest BCUT2D eigenvalue weighted by atomic mass is 32.1. The smallest absolute Gasteiger partial charge is 0.303 e. The lowest BCUT2D eigenvalue weighted by Gasteiger charge is -2.16. The van der Waals surface area contributed by atoms with Gasteiger partial charge in [-0.2, -0.15) is 12.6 Å². The van der Waals surface area contributed by atoms with Crippen molar-refractivity contribution in [1.29, 1.82) is 0 Å². The predicted molar refractivity (Wildman–Crippen MR) is 172 cm³/mol. The van der Waals surface area contributed by atoms with E-state index in [4.69, 9.17) is 0 Å². The number of aliphatic imine (C=N–C) groups is 1. The highest BCUT2D eigenvalue weighted by Crippen LogP contribution is 2.28. The molecule has 10 nitrogen and oxygen atoms in total. The fourth-order valence-corrected chi connectivity index (χ4v) is 6.73. The number of hydrogen-bond donors (Lipinski definition) is 6. The highest BCUT2D eigenvalue weighted by molar-refractivity contribution is 7.80. The van der Waals surface area contributed by atoms with Crippen molar-refractivity contribution in [2.45, 2.75) is 85.6 Å². The molecule has 2 aromatic heterocycles. The van der Waals surface area contributed by atoms with Crippen LogP contribution in [0.2, 0.25) is 0 Å². The Morgan fingerprint density at radius 1 is 0.977 bits per heavy atom. The molecule has 1 unspecified atom stereocenters. The van der Waals surface area contributed by atoms with E-state index in [0.29, 0.717) is 42.7 Å². The largest absolute Gasteiger partial charge is 0.481 e. The van der Waals surface area contributed by atoms with Crippen molar-refractivity contribution in [3.8, 4) is 0 Å². The van der Waals surface area contributed by atoms with E-state index >= 15 is 0 Å². The Bertz CT molecular complexity index is 1680. The summed E-state index contributed by atoms with van der Waals surface area (Å²) in [5.41, 5.74) is 7.36. The SMILES string of the molecule is CCC1=C(C)C(Cc2[nH]c(/C=c3\[nH]/c(=C\C4NC(=O)[C@H](C)[C@H]4CCS)c(C)c3CCC(=O)O)c(CCC(=O)O)c2C)=NC1=O. The minimum absolute atomic E-state index is 0.00213. The Kier molecular flexibility index (Phi) is 10.4. The number of aromatic nitrogens is 2. The van der Waals surface area contributed by atoms with Crippen LogP contribution in [0.4, 0.5) is 0 Å². The zero-order chi connectivity index (χ0) is 32.3. The number of aliphatic carboxylic acids is 2. The number of carboxylic acids is 2. The molecule has 2 aliphatic rings. The van der Waals surface area contributed by atoms with Crippen LogP contribution >= 0.6 is 12.6 Å². The van der Waals surface area contributed by atoms with Gasteiger partial charge in [-0.05, 0) is 98.1 Å². The van der Waals surface area contributed by atoms with E-state index in [0.717, 1.165) is 56.3 Å². The number of allylic oxidation sites excluding steroid dienone is 1. The van der Waals surface area contributed by atoms with E-state index in [1.807, 2.05) is 46.8 Å². The molecule has 0 radical (unpaired) electrons. The topological polar surface area (TPSA) is 165 Å². The molecule has 3 atom stereocenters. The number of aromatic amines is 2. The molecule has 0 aliphatic carbocycles. The van der Waals surface area contributed by atoms with E-state index in [1.165, 1.54) is 0 Å². The Morgan fingerprint density at radius 3 is 2.23 bits per heavy atom. The van der Waals surface area contributed by atoms with Gasteiger partial charge in [0.2, 0.25) is 5.91 Å². The minimum atomic E-state index is -0.909. The summed E-state index contributed by atoms with van der Waals surface area (Å²) in [6.07, 6.45) is 6.19. The normalized spacial score (nSPS) is 21.0. The van der Waals surface area contributed by atoms with Crippen LogP contribution in [0.3, 0.4) is 0 Å². The number of H-pyrrole nitrogens is 2. The molecule has 0 aromatic carbocycles. The first kappa shape index (κ1) is 33.0. The Morgan fingerprint density at radius 2 is 1.64 bits per heavy atom. The standard InChI is InChI=1S/C33H42N4O6S/c1-6-20-16(2)26(36-33(20)43)13-24-17(3)21(7-9-30(38)39)27(34-24)15-28-22(8-10-31(40)41)18(4)25(35-28)14-29-23(11-12-44)19(5)32(42)37-29/h14-15,19,23,29,34-35,44H,6-13H2,1-5H3,(H,37,42)(H,38,39)(H,40,41)/b25-14-,28-15-/t19-,23-,29?/m1/s1. The van der Waals surface area contributed by atoms with Crippen molar-refractivity contribution in [2.24, 2.45) is 16.8 Å². The van der Waals surface area contributed by atoms with Gasteiger partial charge >= 0.3 is 11.9 Å². The molecule has 0 saturated carbocycles. The fraction of sp³-hybridized carbons (Fsp3) is 0.485. The van der Waals surface area contributed by atoms with Gasteiger partial charge in [-0.1, -0.05) is 13.8 Å². The predicted octanol–water partition coefficient (Wildman–Crippen LogP) is 2.92. The van der Waals surface area contributed by atoms with Crippen molar-refractivity contribution in [3.05, 3.63) is 55.5 Å². The van der Waals surface area contributed by atoms with Gasteiger partial charge in [-0.15, -0.1) is 0 Å². The maximum Gasteiger partial charge on any atom is 0.303 e. The molecule has 0 bridgehead atoms. The Labute approximate surface area is 262 Å². The van der Waals surface area contributed by atoms with Gasteiger partial charge in [-0.25, -0.2) is 4.99 Å². The lowest BCUT2D eigenvalue weighted by atomic mass is 9.89. The molecule has 1 saturated heterocycles. The van der Waals surface area contributed by atoms with Crippen molar-refractivity contribution in [3.63, 3.8) is 0 Å². The third-order valence-electron chi connectivity index (χ3n) is 9.15. The van der Waals surface area contributed by atoms with Gasteiger partial charge in [0, 0.05) is 52.8 Å². The first-order valence-corrected chi connectivity index (χ1v) is 15.8.